The topological polar surface area (TPSA) is 38.4 Å². The molecule has 0 aliphatic heterocycles. The van der Waals surface area contributed by atoms with E-state index in [0.717, 1.165) is 28.8 Å². The number of aryl methyl sites for hydroxylation is 1. The Balaban J connectivity index is 2.31. The molecule has 5 heteroatoms. The SMILES string of the molecule is C/C(=C\N=C(N)C(C)c1c(F)ccc(F)c1Cl)c1cccc(C)c1. The number of allylic oxidation sites excluding steroid dienone is 1. The molecular weight excluding hydrogens is 330 g/mol. The number of nitrogens with two attached hydrogens (primary N) is 1. The predicted molar refractivity (Wildman–Crippen MR) is 96.2 cm³/mol. The number of halogens is 3. The Kier molecular flexibility index (Phi) is 5.73. The van der Waals surface area contributed by atoms with Crippen LogP contribution in [0, 0.1) is 18.6 Å². The molecule has 1 unspecified atom stereocenters. The summed E-state index contributed by atoms with van der Waals surface area (Å²) in [6.07, 6.45) is 1.62. The van der Waals surface area contributed by atoms with E-state index < -0.39 is 17.6 Å². The van der Waals surface area contributed by atoms with Crippen LogP contribution in [0.2, 0.25) is 5.02 Å². The van der Waals surface area contributed by atoms with Crippen LogP contribution in [0.1, 0.15) is 36.5 Å². The Morgan fingerprint density at radius 3 is 2.54 bits per heavy atom. The van der Waals surface area contributed by atoms with Crippen molar-refractivity contribution >= 4 is 23.0 Å². The summed E-state index contributed by atoms with van der Waals surface area (Å²) in [4.78, 5) is 4.20. The van der Waals surface area contributed by atoms with Crippen molar-refractivity contribution in [2.24, 2.45) is 10.7 Å². The fraction of sp³-hybridized carbons (Fsp3) is 0.211. The smallest absolute Gasteiger partial charge is 0.142 e. The molecule has 0 saturated heterocycles. The summed E-state index contributed by atoms with van der Waals surface area (Å²) in [5, 5.41) is -0.264. The van der Waals surface area contributed by atoms with Gasteiger partial charge in [0.05, 0.1) is 5.02 Å². The van der Waals surface area contributed by atoms with E-state index in [2.05, 4.69) is 4.99 Å². The molecule has 0 aliphatic rings. The third-order valence-corrected chi connectivity index (χ3v) is 4.22. The number of benzene rings is 2. The standard InChI is InChI=1S/C19H19ClF2N2/c1-11-5-4-6-14(9-11)12(2)10-24-19(23)13(3)17-15(21)7-8-16(22)18(17)20/h4-10,13H,1-3H3,(H2,23,24)/b12-10+. The number of hydrogen-bond acceptors (Lipinski definition) is 1. The largest absolute Gasteiger partial charge is 0.387 e. The highest BCUT2D eigenvalue weighted by Gasteiger charge is 2.20. The number of aliphatic imine (C=N–C) groups is 1. The molecule has 0 saturated carbocycles. The minimum absolute atomic E-state index is 0.0134. The minimum atomic E-state index is -0.681. The van der Waals surface area contributed by atoms with Crippen LogP contribution in [0.5, 0.6) is 0 Å². The number of hydrogen-bond donors (Lipinski definition) is 1. The highest BCUT2D eigenvalue weighted by atomic mass is 35.5. The quantitative estimate of drug-likeness (QED) is 0.445. The lowest BCUT2D eigenvalue weighted by Crippen LogP contribution is -2.21. The zero-order valence-corrected chi connectivity index (χ0v) is 14.5. The molecule has 0 bridgehead atoms. The molecule has 0 aromatic heterocycles. The molecule has 2 aromatic carbocycles. The highest BCUT2D eigenvalue weighted by molar-refractivity contribution is 6.31. The molecule has 1 atom stereocenters. The molecule has 2 rings (SSSR count). The number of nitrogens with zero attached hydrogens (tertiary/aromatic N) is 1. The van der Waals surface area contributed by atoms with Crippen molar-refractivity contribution in [2.45, 2.75) is 26.7 Å². The van der Waals surface area contributed by atoms with E-state index in [1.54, 1.807) is 13.1 Å². The average molecular weight is 349 g/mol. The summed E-state index contributed by atoms with van der Waals surface area (Å²) in [5.41, 5.74) is 9.04. The van der Waals surface area contributed by atoms with Crippen molar-refractivity contribution in [3.05, 3.63) is 75.9 Å². The lowest BCUT2D eigenvalue weighted by Gasteiger charge is -2.14. The molecule has 0 radical (unpaired) electrons. The Hall–Kier alpha value is -2.20. The molecule has 0 spiro atoms. The van der Waals surface area contributed by atoms with Gasteiger partial charge in [0.15, 0.2) is 0 Å². The third-order valence-electron chi connectivity index (χ3n) is 3.84. The van der Waals surface area contributed by atoms with E-state index >= 15 is 0 Å². The second-order valence-electron chi connectivity index (χ2n) is 5.71. The second kappa shape index (κ2) is 7.58. The van der Waals surface area contributed by atoms with Crippen LogP contribution in [0.3, 0.4) is 0 Å². The van der Waals surface area contributed by atoms with E-state index in [-0.39, 0.29) is 16.4 Å². The van der Waals surface area contributed by atoms with Crippen molar-refractivity contribution < 1.29 is 8.78 Å². The van der Waals surface area contributed by atoms with Crippen LogP contribution < -0.4 is 5.73 Å². The highest BCUT2D eigenvalue weighted by Crippen LogP contribution is 2.30. The molecule has 2 nitrogen and oxygen atoms in total. The van der Waals surface area contributed by atoms with Gasteiger partial charge in [-0.3, -0.25) is 0 Å². The normalized spacial score (nSPS) is 13.9. The van der Waals surface area contributed by atoms with Crippen LogP contribution in [-0.2, 0) is 0 Å². The monoisotopic (exact) mass is 348 g/mol. The molecule has 126 valence electrons. The maximum Gasteiger partial charge on any atom is 0.142 e. The first kappa shape index (κ1) is 18.1. The zero-order valence-electron chi connectivity index (χ0n) is 13.8. The fourth-order valence-electron chi connectivity index (χ4n) is 2.34. The summed E-state index contributed by atoms with van der Waals surface area (Å²) in [6.45, 7) is 5.55. The molecular formula is C19H19ClF2N2. The van der Waals surface area contributed by atoms with Gasteiger partial charge in [0, 0.05) is 17.7 Å². The van der Waals surface area contributed by atoms with E-state index in [1.807, 2.05) is 38.1 Å². The molecule has 0 fully saturated rings. The molecule has 0 amide bonds. The van der Waals surface area contributed by atoms with Gasteiger partial charge in [0.2, 0.25) is 0 Å². The maximum atomic E-state index is 14.0. The Labute approximate surface area is 145 Å². The molecule has 2 N–H and O–H groups in total. The van der Waals surface area contributed by atoms with Gasteiger partial charge in [-0.2, -0.15) is 0 Å². The van der Waals surface area contributed by atoms with Crippen molar-refractivity contribution in [3.63, 3.8) is 0 Å². The lowest BCUT2D eigenvalue weighted by molar-refractivity contribution is 0.583. The number of amidine groups is 1. The lowest BCUT2D eigenvalue weighted by atomic mass is 9.99. The van der Waals surface area contributed by atoms with Gasteiger partial charge in [0.25, 0.3) is 0 Å². The minimum Gasteiger partial charge on any atom is -0.387 e. The van der Waals surface area contributed by atoms with Gasteiger partial charge in [-0.25, -0.2) is 13.8 Å². The summed E-state index contributed by atoms with van der Waals surface area (Å²) < 4.78 is 27.5. The Morgan fingerprint density at radius 1 is 1.21 bits per heavy atom. The van der Waals surface area contributed by atoms with Gasteiger partial charge in [-0.05, 0) is 37.1 Å². The summed E-state index contributed by atoms with van der Waals surface area (Å²) in [5.74, 6) is -1.77. The van der Waals surface area contributed by atoms with E-state index in [4.69, 9.17) is 17.3 Å². The second-order valence-corrected chi connectivity index (χ2v) is 6.09. The van der Waals surface area contributed by atoms with Crippen LogP contribution in [0.15, 0.2) is 47.6 Å². The Morgan fingerprint density at radius 2 is 1.88 bits per heavy atom. The van der Waals surface area contributed by atoms with E-state index in [9.17, 15) is 8.78 Å². The van der Waals surface area contributed by atoms with E-state index in [0.29, 0.717) is 0 Å². The van der Waals surface area contributed by atoms with Crippen LogP contribution in [0.25, 0.3) is 5.57 Å². The third kappa shape index (κ3) is 4.01. The molecule has 24 heavy (non-hydrogen) atoms. The number of rotatable bonds is 4. The van der Waals surface area contributed by atoms with Gasteiger partial charge >= 0.3 is 0 Å². The first-order chi connectivity index (χ1) is 11.3. The van der Waals surface area contributed by atoms with Crippen LogP contribution >= 0.6 is 11.6 Å². The van der Waals surface area contributed by atoms with Crippen LogP contribution in [-0.4, -0.2) is 5.84 Å². The first-order valence-corrected chi connectivity index (χ1v) is 7.89. The first-order valence-electron chi connectivity index (χ1n) is 7.51. The van der Waals surface area contributed by atoms with Crippen molar-refractivity contribution in [2.75, 3.05) is 0 Å². The van der Waals surface area contributed by atoms with Gasteiger partial charge in [-0.15, -0.1) is 0 Å². The molecule has 2 aromatic rings. The maximum absolute atomic E-state index is 14.0. The Bertz CT molecular complexity index is 813. The van der Waals surface area contributed by atoms with Gasteiger partial charge in [0.1, 0.15) is 17.5 Å². The summed E-state index contributed by atoms with van der Waals surface area (Å²) in [6, 6.07) is 9.99. The van der Waals surface area contributed by atoms with Crippen LogP contribution in [0.4, 0.5) is 8.78 Å². The van der Waals surface area contributed by atoms with Crippen molar-refractivity contribution in [1.29, 1.82) is 0 Å². The average Bonchev–Trinajstić information content (AvgIpc) is 2.56. The zero-order chi connectivity index (χ0) is 17.9. The van der Waals surface area contributed by atoms with Crippen molar-refractivity contribution in [3.8, 4) is 0 Å². The van der Waals surface area contributed by atoms with Gasteiger partial charge < -0.3 is 5.73 Å². The molecule has 0 heterocycles. The summed E-state index contributed by atoms with van der Waals surface area (Å²) >= 11 is 5.87. The fourth-order valence-corrected chi connectivity index (χ4v) is 2.65. The predicted octanol–water partition coefficient (Wildman–Crippen LogP) is 5.45. The summed E-state index contributed by atoms with van der Waals surface area (Å²) in [7, 11) is 0. The molecule has 0 aliphatic carbocycles. The van der Waals surface area contributed by atoms with Crippen molar-refractivity contribution in [1.82, 2.24) is 0 Å². The van der Waals surface area contributed by atoms with Gasteiger partial charge in [-0.1, -0.05) is 48.4 Å². The van der Waals surface area contributed by atoms with E-state index in [1.165, 1.54) is 0 Å².